The van der Waals surface area contributed by atoms with Crippen molar-refractivity contribution in [2.45, 2.75) is 19.5 Å². The molecule has 1 aliphatic rings. The van der Waals surface area contributed by atoms with Gasteiger partial charge in [-0.1, -0.05) is 36.4 Å². The smallest absolute Gasteiger partial charge is 0.247 e. The second kappa shape index (κ2) is 8.91. The van der Waals surface area contributed by atoms with E-state index >= 15 is 0 Å². The number of carbonyl (C=O) groups excluding carboxylic acids is 1. The SMILES string of the molecule is CCOc1cc(/C=C/C(=O)N2CCn3cccc3C2c2ccccc2)ccc1OC. The third-order valence-electron chi connectivity index (χ3n) is 5.34. The Morgan fingerprint density at radius 2 is 1.90 bits per heavy atom. The fourth-order valence-electron chi connectivity index (χ4n) is 3.94. The Hall–Kier alpha value is -3.47. The Bertz CT molecular complexity index is 1040. The molecule has 0 fully saturated rings. The van der Waals surface area contributed by atoms with Crippen LogP contribution in [0.15, 0.2) is 72.9 Å². The topological polar surface area (TPSA) is 43.7 Å². The first-order valence-corrected chi connectivity index (χ1v) is 10.2. The van der Waals surface area contributed by atoms with Crippen LogP contribution in [0.25, 0.3) is 6.08 Å². The monoisotopic (exact) mass is 402 g/mol. The van der Waals surface area contributed by atoms with Crippen LogP contribution >= 0.6 is 0 Å². The number of amides is 1. The Balaban J connectivity index is 1.60. The Morgan fingerprint density at radius 3 is 2.67 bits per heavy atom. The normalized spacial score (nSPS) is 15.8. The van der Waals surface area contributed by atoms with Crippen molar-refractivity contribution in [2.24, 2.45) is 0 Å². The molecule has 1 aliphatic heterocycles. The highest BCUT2D eigenvalue weighted by molar-refractivity contribution is 5.92. The molecular formula is C25H26N2O3. The lowest BCUT2D eigenvalue weighted by molar-refractivity contribution is -0.128. The summed E-state index contributed by atoms with van der Waals surface area (Å²) in [6.07, 6.45) is 5.56. The summed E-state index contributed by atoms with van der Waals surface area (Å²) in [6, 6.07) is 19.9. The Morgan fingerprint density at radius 1 is 1.07 bits per heavy atom. The first kappa shape index (κ1) is 19.8. The molecule has 2 heterocycles. The predicted octanol–water partition coefficient (Wildman–Crippen LogP) is 4.54. The van der Waals surface area contributed by atoms with Crippen LogP contribution in [0, 0.1) is 0 Å². The third-order valence-corrected chi connectivity index (χ3v) is 5.34. The summed E-state index contributed by atoms with van der Waals surface area (Å²) >= 11 is 0. The quantitative estimate of drug-likeness (QED) is 0.569. The molecule has 0 spiro atoms. The summed E-state index contributed by atoms with van der Waals surface area (Å²) in [5, 5.41) is 0. The van der Waals surface area contributed by atoms with Crippen LogP contribution in [0.2, 0.25) is 0 Å². The van der Waals surface area contributed by atoms with E-state index in [1.165, 1.54) is 0 Å². The van der Waals surface area contributed by atoms with Gasteiger partial charge in [0.15, 0.2) is 11.5 Å². The molecule has 1 amide bonds. The number of benzene rings is 2. The van der Waals surface area contributed by atoms with E-state index in [0.717, 1.165) is 23.4 Å². The van der Waals surface area contributed by atoms with Crippen LogP contribution in [0.4, 0.5) is 0 Å². The molecule has 0 aliphatic carbocycles. The molecule has 30 heavy (non-hydrogen) atoms. The summed E-state index contributed by atoms with van der Waals surface area (Å²) in [5.41, 5.74) is 3.14. The molecule has 1 unspecified atom stereocenters. The maximum Gasteiger partial charge on any atom is 0.247 e. The number of nitrogens with zero attached hydrogens (tertiary/aromatic N) is 2. The van der Waals surface area contributed by atoms with Gasteiger partial charge < -0.3 is 18.9 Å². The minimum atomic E-state index is -0.0954. The van der Waals surface area contributed by atoms with Gasteiger partial charge in [0.05, 0.1) is 19.8 Å². The van der Waals surface area contributed by atoms with Gasteiger partial charge >= 0.3 is 0 Å². The highest BCUT2D eigenvalue weighted by atomic mass is 16.5. The number of hydrogen-bond acceptors (Lipinski definition) is 3. The van der Waals surface area contributed by atoms with E-state index in [0.29, 0.717) is 24.7 Å². The van der Waals surface area contributed by atoms with Crippen molar-refractivity contribution in [1.29, 1.82) is 0 Å². The predicted molar refractivity (Wildman–Crippen MR) is 118 cm³/mol. The molecule has 2 aromatic carbocycles. The first-order chi connectivity index (χ1) is 14.7. The van der Waals surface area contributed by atoms with Gasteiger partial charge in [-0.3, -0.25) is 4.79 Å². The molecule has 0 radical (unpaired) electrons. The van der Waals surface area contributed by atoms with Gasteiger partial charge in [-0.25, -0.2) is 0 Å². The molecule has 1 atom stereocenters. The first-order valence-electron chi connectivity index (χ1n) is 10.2. The minimum Gasteiger partial charge on any atom is -0.493 e. The van der Waals surface area contributed by atoms with E-state index < -0.39 is 0 Å². The Kier molecular flexibility index (Phi) is 5.89. The zero-order valence-corrected chi connectivity index (χ0v) is 17.3. The Labute approximate surface area is 177 Å². The number of rotatable bonds is 6. The number of carbonyl (C=O) groups is 1. The molecule has 0 bridgehead atoms. The largest absolute Gasteiger partial charge is 0.493 e. The van der Waals surface area contributed by atoms with Crippen LogP contribution < -0.4 is 9.47 Å². The van der Waals surface area contributed by atoms with Crippen LogP contribution in [0.1, 0.15) is 29.8 Å². The molecule has 0 N–H and O–H groups in total. The minimum absolute atomic E-state index is 0.00918. The van der Waals surface area contributed by atoms with E-state index in [1.54, 1.807) is 13.2 Å². The standard InChI is InChI=1S/C25H26N2O3/c1-3-30-23-18-19(11-13-22(23)29-2)12-14-24(28)27-17-16-26-15-7-10-21(26)25(27)20-8-5-4-6-9-20/h4-15,18,25H,3,16-17H2,1-2H3/b14-12+. The average Bonchev–Trinajstić information content (AvgIpc) is 3.26. The van der Waals surface area contributed by atoms with Crippen LogP contribution in [0.5, 0.6) is 11.5 Å². The van der Waals surface area contributed by atoms with Gasteiger partial charge in [0, 0.05) is 31.1 Å². The van der Waals surface area contributed by atoms with E-state index in [-0.39, 0.29) is 11.9 Å². The summed E-state index contributed by atoms with van der Waals surface area (Å²) in [5.74, 6) is 1.35. The van der Waals surface area contributed by atoms with Crippen molar-refractivity contribution in [3.05, 3.63) is 89.8 Å². The molecule has 1 aromatic heterocycles. The zero-order valence-electron chi connectivity index (χ0n) is 17.3. The number of fused-ring (bicyclic) bond motifs is 1. The van der Waals surface area contributed by atoms with Gasteiger partial charge in [-0.05, 0) is 48.4 Å². The second-order valence-corrected chi connectivity index (χ2v) is 7.15. The summed E-state index contributed by atoms with van der Waals surface area (Å²) in [4.78, 5) is 15.1. The highest BCUT2D eigenvalue weighted by Crippen LogP contribution is 2.33. The van der Waals surface area contributed by atoms with Gasteiger partial charge in [-0.2, -0.15) is 0 Å². The summed E-state index contributed by atoms with van der Waals surface area (Å²) in [7, 11) is 1.62. The average molecular weight is 402 g/mol. The van der Waals surface area contributed by atoms with Gasteiger partial charge in [0.25, 0.3) is 0 Å². The number of aromatic nitrogens is 1. The van der Waals surface area contributed by atoms with Gasteiger partial charge in [-0.15, -0.1) is 0 Å². The van der Waals surface area contributed by atoms with Crippen molar-refractivity contribution < 1.29 is 14.3 Å². The molecule has 0 saturated heterocycles. The van der Waals surface area contributed by atoms with E-state index in [2.05, 4.69) is 29.0 Å². The zero-order chi connectivity index (χ0) is 20.9. The highest BCUT2D eigenvalue weighted by Gasteiger charge is 2.30. The van der Waals surface area contributed by atoms with Gasteiger partial charge in [0.1, 0.15) is 0 Å². The van der Waals surface area contributed by atoms with Crippen molar-refractivity contribution in [3.63, 3.8) is 0 Å². The number of methoxy groups -OCH3 is 1. The fourth-order valence-corrected chi connectivity index (χ4v) is 3.94. The maximum absolute atomic E-state index is 13.2. The van der Waals surface area contributed by atoms with E-state index in [4.69, 9.17) is 9.47 Å². The molecule has 0 saturated carbocycles. The van der Waals surface area contributed by atoms with Crippen molar-refractivity contribution in [1.82, 2.24) is 9.47 Å². The van der Waals surface area contributed by atoms with E-state index in [1.807, 2.05) is 60.4 Å². The van der Waals surface area contributed by atoms with Crippen LogP contribution in [-0.2, 0) is 11.3 Å². The maximum atomic E-state index is 13.2. The summed E-state index contributed by atoms with van der Waals surface area (Å²) in [6.45, 7) is 3.94. The molecule has 4 rings (SSSR count). The van der Waals surface area contributed by atoms with Crippen molar-refractivity contribution in [2.75, 3.05) is 20.3 Å². The van der Waals surface area contributed by atoms with Crippen molar-refractivity contribution in [3.8, 4) is 11.5 Å². The molecule has 5 nitrogen and oxygen atoms in total. The number of hydrogen-bond donors (Lipinski definition) is 0. The third kappa shape index (κ3) is 3.96. The fraction of sp³-hybridized carbons (Fsp3) is 0.240. The lowest BCUT2D eigenvalue weighted by Gasteiger charge is -2.36. The lowest BCUT2D eigenvalue weighted by Crippen LogP contribution is -2.41. The number of ether oxygens (including phenoxy) is 2. The second-order valence-electron chi connectivity index (χ2n) is 7.15. The summed E-state index contributed by atoms with van der Waals surface area (Å²) < 4.78 is 13.2. The van der Waals surface area contributed by atoms with Crippen molar-refractivity contribution >= 4 is 12.0 Å². The lowest BCUT2D eigenvalue weighted by atomic mass is 10.00. The van der Waals surface area contributed by atoms with E-state index in [9.17, 15) is 4.79 Å². The molecular weight excluding hydrogens is 376 g/mol. The molecule has 5 heteroatoms. The molecule has 3 aromatic rings. The van der Waals surface area contributed by atoms with Crippen LogP contribution in [-0.4, -0.2) is 35.6 Å². The van der Waals surface area contributed by atoms with Gasteiger partial charge in [0.2, 0.25) is 5.91 Å². The van der Waals surface area contributed by atoms with Crippen LogP contribution in [0.3, 0.4) is 0 Å². The molecule has 154 valence electrons.